The fourth-order valence-corrected chi connectivity index (χ4v) is 2.73. The van der Waals surface area contributed by atoms with Crippen molar-refractivity contribution in [2.24, 2.45) is 0 Å². The highest BCUT2D eigenvalue weighted by atomic mass is 16.2. The number of hydrogen-bond acceptors (Lipinski definition) is 3. The number of aromatic nitrogens is 2. The predicted octanol–water partition coefficient (Wildman–Crippen LogP) is 2.26. The van der Waals surface area contributed by atoms with E-state index in [9.17, 15) is 0 Å². The Balaban J connectivity index is 2.02. The van der Waals surface area contributed by atoms with Crippen LogP contribution in [0.5, 0.6) is 0 Å². The molecule has 0 unspecified atom stereocenters. The molecule has 1 aromatic heterocycles. The van der Waals surface area contributed by atoms with E-state index in [-0.39, 0.29) is 0 Å². The Morgan fingerprint density at radius 3 is 2.58 bits per heavy atom. The number of hydrogen-bond donors (Lipinski definition) is 1. The zero-order chi connectivity index (χ0) is 13.8. The van der Waals surface area contributed by atoms with Crippen LogP contribution in [-0.4, -0.2) is 39.0 Å². The van der Waals surface area contributed by atoms with Gasteiger partial charge in [-0.3, -0.25) is 9.58 Å². The molecule has 1 aliphatic rings. The lowest BCUT2D eigenvalue weighted by molar-refractivity contribution is 0.228. The minimum Gasteiger partial charge on any atom is -0.396 e. The fraction of sp³-hybridized carbons (Fsp3) is 0.800. The van der Waals surface area contributed by atoms with Crippen molar-refractivity contribution in [3.63, 3.8) is 0 Å². The largest absolute Gasteiger partial charge is 0.396 e. The lowest BCUT2D eigenvalue weighted by Gasteiger charge is -2.22. The van der Waals surface area contributed by atoms with Gasteiger partial charge in [0.25, 0.3) is 0 Å². The van der Waals surface area contributed by atoms with Crippen molar-refractivity contribution in [1.29, 1.82) is 0 Å². The smallest absolute Gasteiger partial charge is 0.0641 e. The zero-order valence-corrected chi connectivity index (χ0v) is 12.5. The van der Waals surface area contributed by atoms with Crippen LogP contribution in [0.3, 0.4) is 0 Å². The molecular formula is C15H27N3O. The molecule has 1 N–H and O–H groups in total. The molecule has 0 amide bonds. The van der Waals surface area contributed by atoms with E-state index in [1.807, 2.05) is 0 Å². The minimum atomic E-state index is 0.310. The van der Waals surface area contributed by atoms with Crippen molar-refractivity contribution >= 4 is 0 Å². The van der Waals surface area contributed by atoms with Gasteiger partial charge in [0.15, 0.2) is 0 Å². The van der Waals surface area contributed by atoms with Gasteiger partial charge in [-0.05, 0) is 53.0 Å². The predicted molar refractivity (Wildman–Crippen MR) is 77.1 cm³/mol. The first-order chi connectivity index (χ1) is 9.17. The van der Waals surface area contributed by atoms with Crippen molar-refractivity contribution < 1.29 is 5.11 Å². The molecule has 1 aliphatic carbocycles. The number of unbranched alkanes of at least 4 members (excludes halogenated alkanes) is 1. The molecule has 0 saturated heterocycles. The maximum Gasteiger partial charge on any atom is 0.0641 e. The third-order valence-corrected chi connectivity index (χ3v) is 4.11. The van der Waals surface area contributed by atoms with Gasteiger partial charge in [0.2, 0.25) is 0 Å². The van der Waals surface area contributed by atoms with Gasteiger partial charge >= 0.3 is 0 Å². The van der Waals surface area contributed by atoms with Gasteiger partial charge in [-0.2, -0.15) is 5.10 Å². The Labute approximate surface area is 116 Å². The van der Waals surface area contributed by atoms with Crippen molar-refractivity contribution in [1.82, 2.24) is 14.7 Å². The Morgan fingerprint density at radius 2 is 2.05 bits per heavy atom. The number of aliphatic hydroxyl groups excluding tert-OH is 1. The van der Waals surface area contributed by atoms with E-state index >= 15 is 0 Å². The van der Waals surface area contributed by atoms with Crippen molar-refractivity contribution in [3.05, 3.63) is 17.0 Å². The normalized spacial score (nSPS) is 15.4. The van der Waals surface area contributed by atoms with Gasteiger partial charge < -0.3 is 5.11 Å². The van der Waals surface area contributed by atoms with Gasteiger partial charge in [0.1, 0.15) is 0 Å². The second-order valence-corrected chi connectivity index (χ2v) is 5.60. The van der Waals surface area contributed by atoms with Gasteiger partial charge in [0.05, 0.1) is 5.69 Å². The number of aryl methyl sites for hydroxylation is 2. The first kappa shape index (κ1) is 14.5. The zero-order valence-electron chi connectivity index (χ0n) is 12.5. The third-order valence-electron chi connectivity index (χ3n) is 4.11. The van der Waals surface area contributed by atoms with Crippen LogP contribution in [0.25, 0.3) is 0 Å². The second kappa shape index (κ2) is 6.53. The van der Waals surface area contributed by atoms with Crippen LogP contribution in [0.4, 0.5) is 0 Å². The van der Waals surface area contributed by atoms with E-state index in [2.05, 4.69) is 35.5 Å². The molecule has 1 heterocycles. The van der Waals surface area contributed by atoms with Gasteiger partial charge in [-0.15, -0.1) is 0 Å². The summed E-state index contributed by atoms with van der Waals surface area (Å²) < 4.78 is 2.10. The Hall–Kier alpha value is -0.870. The molecule has 1 aromatic rings. The summed E-state index contributed by atoms with van der Waals surface area (Å²) in [4.78, 5) is 2.58. The summed E-state index contributed by atoms with van der Waals surface area (Å²) in [5, 5.41) is 13.5. The quantitative estimate of drug-likeness (QED) is 0.733. The second-order valence-electron chi connectivity index (χ2n) is 5.60. The molecular weight excluding hydrogens is 238 g/mol. The number of aliphatic hydroxyl groups is 1. The monoisotopic (exact) mass is 265 g/mol. The summed E-state index contributed by atoms with van der Waals surface area (Å²) in [7, 11) is 0. The number of rotatable bonds is 8. The topological polar surface area (TPSA) is 41.3 Å². The molecule has 4 heteroatoms. The maximum atomic E-state index is 8.91. The van der Waals surface area contributed by atoms with E-state index in [1.54, 1.807) is 0 Å². The van der Waals surface area contributed by atoms with Crippen LogP contribution >= 0.6 is 0 Å². The molecule has 2 rings (SSSR count). The van der Waals surface area contributed by atoms with Gasteiger partial charge in [-0.1, -0.05) is 0 Å². The van der Waals surface area contributed by atoms with Crippen LogP contribution < -0.4 is 0 Å². The Kier molecular flexibility index (Phi) is 4.99. The molecule has 108 valence electrons. The van der Waals surface area contributed by atoms with E-state index < -0.39 is 0 Å². The molecule has 0 radical (unpaired) electrons. The summed E-state index contributed by atoms with van der Waals surface area (Å²) in [5.41, 5.74) is 3.89. The third kappa shape index (κ3) is 3.57. The highest BCUT2D eigenvalue weighted by Gasteiger charge is 2.29. The van der Waals surface area contributed by atoms with E-state index in [0.717, 1.165) is 38.5 Å². The van der Waals surface area contributed by atoms with E-state index in [1.165, 1.54) is 29.8 Å². The molecule has 0 spiro atoms. The number of nitrogens with zero attached hydrogens (tertiary/aromatic N) is 3. The molecule has 0 aromatic carbocycles. The molecule has 0 bridgehead atoms. The summed E-state index contributed by atoms with van der Waals surface area (Å²) >= 11 is 0. The molecule has 4 nitrogen and oxygen atoms in total. The van der Waals surface area contributed by atoms with Crippen molar-refractivity contribution in [2.45, 2.75) is 65.6 Å². The molecule has 0 atom stereocenters. The van der Waals surface area contributed by atoms with Crippen LogP contribution in [0.1, 0.15) is 49.6 Å². The van der Waals surface area contributed by atoms with Crippen LogP contribution in [0, 0.1) is 13.8 Å². The highest BCUT2D eigenvalue weighted by molar-refractivity contribution is 5.24. The standard InChI is InChI=1S/C15H27N3O/c1-4-18-13(3)15(12(2)16-18)11-17(14-7-8-14)9-5-6-10-19/h14,19H,4-11H2,1-3H3. The van der Waals surface area contributed by atoms with E-state index in [4.69, 9.17) is 5.11 Å². The van der Waals surface area contributed by atoms with Crippen LogP contribution in [-0.2, 0) is 13.1 Å². The molecule has 1 fully saturated rings. The maximum absolute atomic E-state index is 8.91. The summed E-state index contributed by atoms with van der Waals surface area (Å²) in [6.07, 6.45) is 4.67. The first-order valence-electron chi connectivity index (χ1n) is 7.55. The Bertz CT molecular complexity index is 410. The van der Waals surface area contributed by atoms with E-state index in [0.29, 0.717) is 6.61 Å². The molecule has 0 aliphatic heterocycles. The van der Waals surface area contributed by atoms with Crippen LogP contribution in [0.15, 0.2) is 0 Å². The van der Waals surface area contributed by atoms with Crippen LogP contribution in [0.2, 0.25) is 0 Å². The fourth-order valence-electron chi connectivity index (χ4n) is 2.73. The van der Waals surface area contributed by atoms with Crippen molar-refractivity contribution in [3.8, 4) is 0 Å². The molecule has 19 heavy (non-hydrogen) atoms. The average Bonchev–Trinajstić information content (AvgIpc) is 3.19. The lowest BCUT2D eigenvalue weighted by Crippen LogP contribution is -2.27. The highest BCUT2D eigenvalue weighted by Crippen LogP contribution is 2.29. The Morgan fingerprint density at radius 1 is 1.32 bits per heavy atom. The SMILES string of the molecule is CCn1nc(C)c(CN(CCCCO)C2CC2)c1C. The minimum absolute atomic E-state index is 0.310. The van der Waals surface area contributed by atoms with Gasteiger partial charge in [0, 0.05) is 37.0 Å². The summed E-state index contributed by atoms with van der Waals surface area (Å²) in [6, 6.07) is 0.766. The summed E-state index contributed by atoms with van der Waals surface area (Å²) in [6.45, 7) is 9.81. The first-order valence-corrected chi connectivity index (χ1v) is 7.55. The average molecular weight is 265 g/mol. The van der Waals surface area contributed by atoms with Crippen molar-refractivity contribution in [2.75, 3.05) is 13.2 Å². The molecule has 1 saturated carbocycles. The lowest BCUT2D eigenvalue weighted by atomic mass is 10.1. The summed E-state index contributed by atoms with van der Waals surface area (Å²) in [5.74, 6) is 0. The van der Waals surface area contributed by atoms with Gasteiger partial charge in [-0.25, -0.2) is 0 Å².